The highest BCUT2D eigenvalue weighted by Gasteiger charge is 2.08. The first-order valence-corrected chi connectivity index (χ1v) is 6.56. The van der Waals surface area contributed by atoms with Gasteiger partial charge >= 0.3 is 0 Å². The number of ether oxygens (including phenoxy) is 1. The Morgan fingerprint density at radius 3 is 2.89 bits per heavy atom. The number of halogens is 1. The van der Waals surface area contributed by atoms with Gasteiger partial charge in [-0.1, -0.05) is 15.9 Å². The van der Waals surface area contributed by atoms with E-state index in [1.807, 2.05) is 25.1 Å². The molecule has 1 amide bonds. The van der Waals surface area contributed by atoms with Crippen LogP contribution in [0.4, 0.5) is 5.69 Å². The van der Waals surface area contributed by atoms with Crippen LogP contribution in [0, 0.1) is 11.3 Å². The molecule has 0 aliphatic rings. The van der Waals surface area contributed by atoms with Gasteiger partial charge in [-0.25, -0.2) is 0 Å². The molecule has 1 N–H and O–H groups in total. The average Bonchev–Trinajstić information content (AvgIpc) is 2.32. The number of likely N-dealkylation sites (N-methyl/N-ethyl adjacent to an activating group) is 1. The minimum atomic E-state index is -0.345. The van der Waals surface area contributed by atoms with Gasteiger partial charge in [-0.05, 0) is 32.3 Å². The van der Waals surface area contributed by atoms with Crippen molar-refractivity contribution in [3.05, 3.63) is 22.7 Å². The van der Waals surface area contributed by atoms with Gasteiger partial charge in [-0.2, -0.15) is 5.26 Å². The lowest BCUT2D eigenvalue weighted by Gasteiger charge is -2.14. The number of rotatable bonds is 6. The fourth-order valence-corrected chi connectivity index (χ4v) is 1.66. The fraction of sp³-hybridized carbons (Fsp3) is 0.385. The third-order valence-corrected chi connectivity index (χ3v) is 2.75. The number of amides is 1. The predicted molar refractivity (Wildman–Crippen MR) is 77.1 cm³/mol. The number of anilines is 1. The number of benzene rings is 1. The third kappa shape index (κ3) is 5.73. The van der Waals surface area contributed by atoms with Gasteiger partial charge in [0.05, 0.1) is 11.8 Å². The molecule has 6 heteroatoms. The zero-order chi connectivity index (χ0) is 14.3. The molecule has 0 fully saturated rings. The van der Waals surface area contributed by atoms with Gasteiger partial charge in [0.1, 0.15) is 18.8 Å². The Balaban J connectivity index is 2.74. The molecule has 102 valence electrons. The van der Waals surface area contributed by atoms with E-state index in [1.54, 1.807) is 18.2 Å². The van der Waals surface area contributed by atoms with Crippen LogP contribution in [0.15, 0.2) is 22.7 Å². The quantitative estimate of drug-likeness (QED) is 0.871. The monoisotopic (exact) mass is 325 g/mol. The van der Waals surface area contributed by atoms with Crippen molar-refractivity contribution >= 4 is 27.5 Å². The molecule has 0 heterocycles. The average molecular weight is 326 g/mol. The molecule has 0 saturated heterocycles. The number of carbonyl (C=O) groups is 1. The molecule has 0 radical (unpaired) electrons. The van der Waals surface area contributed by atoms with Crippen molar-refractivity contribution in [1.82, 2.24) is 4.90 Å². The second-order valence-electron chi connectivity index (χ2n) is 4.18. The van der Waals surface area contributed by atoms with Gasteiger partial charge in [-0.15, -0.1) is 0 Å². The van der Waals surface area contributed by atoms with Crippen LogP contribution in [0.2, 0.25) is 0 Å². The summed E-state index contributed by atoms with van der Waals surface area (Å²) in [6.07, 6.45) is -0.173. The van der Waals surface area contributed by atoms with Crippen LogP contribution in [0.5, 0.6) is 5.75 Å². The molecule has 0 saturated carbocycles. The van der Waals surface area contributed by atoms with Crippen LogP contribution < -0.4 is 10.1 Å². The van der Waals surface area contributed by atoms with Crippen LogP contribution in [-0.4, -0.2) is 38.1 Å². The Kier molecular flexibility index (Phi) is 6.33. The van der Waals surface area contributed by atoms with Crippen molar-refractivity contribution in [3.8, 4) is 11.8 Å². The van der Waals surface area contributed by atoms with Gasteiger partial charge < -0.3 is 15.0 Å². The van der Waals surface area contributed by atoms with Gasteiger partial charge in [0.2, 0.25) is 5.91 Å². The Hall–Kier alpha value is -1.58. The molecule has 0 aliphatic heterocycles. The SMILES string of the molecule is CN(C)CCOc1cc(Br)ccc1NC(=O)CC#N. The van der Waals surface area contributed by atoms with Gasteiger partial charge in [0.25, 0.3) is 0 Å². The first-order valence-electron chi connectivity index (χ1n) is 5.77. The first-order chi connectivity index (χ1) is 9.02. The minimum absolute atomic E-state index is 0.173. The van der Waals surface area contributed by atoms with Crippen LogP contribution >= 0.6 is 15.9 Å². The second-order valence-corrected chi connectivity index (χ2v) is 5.09. The topological polar surface area (TPSA) is 65.4 Å². The highest BCUT2D eigenvalue weighted by atomic mass is 79.9. The fourth-order valence-electron chi connectivity index (χ4n) is 1.32. The lowest BCUT2D eigenvalue weighted by atomic mass is 10.3. The summed E-state index contributed by atoms with van der Waals surface area (Å²) in [5.74, 6) is 0.241. The van der Waals surface area contributed by atoms with Crippen LogP contribution in [0.1, 0.15) is 6.42 Å². The summed E-state index contributed by atoms with van der Waals surface area (Å²) in [5.41, 5.74) is 0.571. The first kappa shape index (κ1) is 15.5. The largest absolute Gasteiger partial charge is 0.490 e. The maximum Gasteiger partial charge on any atom is 0.238 e. The summed E-state index contributed by atoms with van der Waals surface area (Å²) in [5, 5.41) is 11.1. The predicted octanol–water partition coefficient (Wildman–Crippen LogP) is 2.24. The molecule has 1 aromatic rings. The molecule has 0 unspecified atom stereocenters. The maximum absolute atomic E-state index is 11.4. The molecule has 5 nitrogen and oxygen atoms in total. The molecule has 0 aliphatic carbocycles. The van der Waals surface area contributed by atoms with E-state index in [-0.39, 0.29) is 12.3 Å². The van der Waals surface area contributed by atoms with Gasteiger partial charge in [0.15, 0.2) is 0 Å². The van der Waals surface area contributed by atoms with Crippen molar-refractivity contribution in [1.29, 1.82) is 5.26 Å². The zero-order valence-corrected chi connectivity index (χ0v) is 12.5. The van der Waals surface area contributed by atoms with Gasteiger partial charge in [0, 0.05) is 11.0 Å². The van der Waals surface area contributed by atoms with Crippen molar-refractivity contribution in [2.24, 2.45) is 0 Å². The minimum Gasteiger partial charge on any atom is -0.490 e. The number of hydrogen-bond donors (Lipinski definition) is 1. The maximum atomic E-state index is 11.4. The van der Waals surface area contributed by atoms with Crippen LogP contribution in [0.25, 0.3) is 0 Å². The zero-order valence-electron chi connectivity index (χ0n) is 10.9. The van der Waals surface area contributed by atoms with Crippen LogP contribution in [-0.2, 0) is 4.79 Å². The molecular formula is C13H16BrN3O2. The molecule has 0 spiro atoms. The molecular weight excluding hydrogens is 310 g/mol. The highest BCUT2D eigenvalue weighted by molar-refractivity contribution is 9.10. The number of hydrogen-bond acceptors (Lipinski definition) is 4. The normalized spacial score (nSPS) is 10.1. The lowest BCUT2D eigenvalue weighted by Crippen LogP contribution is -2.20. The van der Waals surface area contributed by atoms with E-state index in [4.69, 9.17) is 10.00 Å². The number of carbonyl (C=O) groups excluding carboxylic acids is 1. The van der Waals surface area contributed by atoms with Crippen molar-refractivity contribution in [3.63, 3.8) is 0 Å². The van der Waals surface area contributed by atoms with Crippen LogP contribution in [0.3, 0.4) is 0 Å². The summed E-state index contributed by atoms with van der Waals surface area (Å²) < 4.78 is 6.50. The Bertz CT molecular complexity index is 483. The Morgan fingerprint density at radius 2 is 2.26 bits per heavy atom. The molecule has 0 atom stereocenters. The molecule has 0 bridgehead atoms. The Labute approximate surface area is 121 Å². The van der Waals surface area contributed by atoms with E-state index >= 15 is 0 Å². The number of nitriles is 1. The summed E-state index contributed by atoms with van der Waals surface area (Å²) in [7, 11) is 3.92. The van der Waals surface area contributed by atoms with E-state index < -0.39 is 0 Å². The number of nitrogens with zero attached hydrogens (tertiary/aromatic N) is 2. The van der Waals surface area contributed by atoms with Gasteiger partial charge in [-0.3, -0.25) is 4.79 Å². The third-order valence-electron chi connectivity index (χ3n) is 2.25. The van der Waals surface area contributed by atoms with Crippen molar-refractivity contribution in [2.45, 2.75) is 6.42 Å². The standard InChI is InChI=1S/C13H16BrN3O2/c1-17(2)7-8-19-12-9-10(14)3-4-11(12)16-13(18)5-6-15/h3-4,9H,5,7-8H2,1-2H3,(H,16,18). The summed E-state index contributed by atoms with van der Waals surface area (Å²) >= 11 is 3.36. The lowest BCUT2D eigenvalue weighted by molar-refractivity contribution is -0.115. The van der Waals surface area contributed by atoms with E-state index in [9.17, 15) is 4.79 Å². The Morgan fingerprint density at radius 1 is 1.53 bits per heavy atom. The van der Waals surface area contributed by atoms with E-state index in [2.05, 4.69) is 21.2 Å². The molecule has 0 aromatic heterocycles. The summed E-state index contributed by atoms with van der Waals surface area (Å²) in [6, 6.07) is 7.14. The van der Waals surface area contributed by atoms with E-state index in [0.29, 0.717) is 18.0 Å². The van der Waals surface area contributed by atoms with Crippen molar-refractivity contribution < 1.29 is 9.53 Å². The number of nitrogens with one attached hydrogen (secondary N) is 1. The second kappa shape index (κ2) is 7.77. The smallest absolute Gasteiger partial charge is 0.238 e. The highest BCUT2D eigenvalue weighted by Crippen LogP contribution is 2.28. The van der Waals surface area contributed by atoms with E-state index in [1.165, 1.54) is 0 Å². The van der Waals surface area contributed by atoms with E-state index in [0.717, 1.165) is 11.0 Å². The summed E-state index contributed by atoms with van der Waals surface area (Å²) in [6.45, 7) is 1.29. The summed E-state index contributed by atoms with van der Waals surface area (Å²) in [4.78, 5) is 13.4. The molecule has 1 aromatic carbocycles. The molecule has 19 heavy (non-hydrogen) atoms. The van der Waals surface area contributed by atoms with Crippen molar-refractivity contribution in [2.75, 3.05) is 32.6 Å². The molecule has 1 rings (SSSR count).